The summed E-state index contributed by atoms with van der Waals surface area (Å²) in [7, 11) is 0. The van der Waals surface area contributed by atoms with Gasteiger partial charge in [-0.2, -0.15) is 0 Å². The number of imidazole rings is 1. The lowest BCUT2D eigenvalue weighted by atomic mass is 10.3. The molecule has 104 valence electrons. The van der Waals surface area contributed by atoms with Crippen molar-refractivity contribution in [2.45, 2.75) is 26.8 Å². The summed E-state index contributed by atoms with van der Waals surface area (Å²) in [5.74, 6) is 0.856. The molecule has 0 aliphatic carbocycles. The van der Waals surface area contributed by atoms with Gasteiger partial charge in [0.25, 0.3) is 0 Å². The number of aromatic amines is 1. The molecule has 0 atom stereocenters. The van der Waals surface area contributed by atoms with Gasteiger partial charge in [0, 0.05) is 19.8 Å². The Morgan fingerprint density at radius 2 is 2.11 bits per heavy atom. The highest BCUT2D eigenvalue weighted by molar-refractivity contribution is 7.71. The normalized spacial score (nSPS) is 11.1. The largest absolute Gasteiger partial charge is 0.492 e. The lowest BCUT2D eigenvalue weighted by molar-refractivity contribution is 0.142. The van der Waals surface area contributed by atoms with E-state index in [0.717, 1.165) is 47.7 Å². The molecule has 5 heteroatoms. The molecule has 0 saturated heterocycles. The number of para-hydroxylation sites is 1. The van der Waals surface area contributed by atoms with Gasteiger partial charge >= 0.3 is 0 Å². The quantitative estimate of drug-likeness (QED) is 0.623. The molecule has 0 bridgehead atoms. The van der Waals surface area contributed by atoms with Crippen LogP contribution in [0.5, 0.6) is 5.75 Å². The number of H-pyrrole nitrogens is 1. The SMILES string of the molecule is CCOCCCn1c(=S)[nH]c2c(OCC)cccc21. The molecule has 0 spiro atoms. The van der Waals surface area contributed by atoms with E-state index in [0.29, 0.717) is 6.61 Å². The average molecular weight is 280 g/mol. The van der Waals surface area contributed by atoms with Crippen molar-refractivity contribution < 1.29 is 9.47 Å². The highest BCUT2D eigenvalue weighted by Crippen LogP contribution is 2.25. The maximum Gasteiger partial charge on any atom is 0.178 e. The molecule has 0 saturated carbocycles. The second-order valence-corrected chi connectivity index (χ2v) is 4.60. The predicted molar refractivity (Wildman–Crippen MR) is 79.4 cm³/mol. The number of aromatic nitrogens is 2. The molecule has 1 aromatic heterocycles. The van der Waals surface area contributed by atoms with Gasteiger partial charge in [0.15, 0.2) is 4.77 Å². The number of nitrogens with one attached hydrogen (secondary N) is 1. The number of hydrogen-bond acceptors (Lipinski definition) is 3. The molecule has 0 amide bonds. The molecule has 0 aliphatic heterocycles. The summed E-state index contributed by atoms with van der Waals surface area (Å²) in [4.78, 5) is 3.23. The Bertz CT molecular complexity index is 589. The van der Waals surface area contributed by atoms with E-state index in [4.69, 9.17) is 21.7 Å². The Balaban J connectivity index is 2.26. The third kappa shape index (κ3) is 3.16. The highest BCUT2D eigenvalue weighted by Gasteiger charge is 2.08. The third-order valence-electron chi connectivity index (χ3n) is 2.95. The van der Waals surface area contributed by atoms with Crippen LogP contribution in [0.15, 0.2) is 18.2 Å². The van der Waals surface area contributed by atoms with Crippen molar-refractivity contribution in [1.82, 2.24) is 9.55 Å². The van der Waals surface area contributed by atoms with Gasteiger partial charge in [0.2, 0.25) is 0 Å². The van der Waals surface area contributed by atoms with Crippen LogP contribution in [0.1, 0.15) is 20.3 Å². The zero-order valence-electron chi connectivity index (χ0n) is 11.4. The van der Waals surface area contributed by atoms with E-state index in [9.17, 15) is 0 Å². The second kappa shape index (κ2) is 6.73. The van der Waals surface area contributed by atoms with Crippen LogP contribution in [0.3, 0.4) is 0 Å². The van der Waals surface area contributed by atoms with Crippen molar-refractivity contribution in [2.24, 2.45) is 0 Å². The summed E-state index contributed by atoms with van der Waals surface area (Å²) in [6.45, 7) is 7.01. The Hall–Kier alpha value is -1.33. The zero-order valence-corrected chi connectivity index (χ0v) is 12.3. The van der Waals surface area contributed by atoms with E-state index in [1.165, 1.54) is 0 Å². The molecular formula is C14H20N2O2S. The Morgan fingerprint density at radius 1 is 1.26 bits per heavy atom. The Labute approximate surface area is 118 Å². The maximum atomic E-state index is 5.61. The number of nitrogens with zero attached hydrogens (tertiary/aromatic N) is 1. The first-order valence-electron chi connectivity index (χ1n) is 6.70. The Morgan fingerprint density at radius 3 is 2.84 bits per heavy atom. The summed E-state index contributed by atoms with van der Waals surface area (Å²) in [6, 6.07) is 6.02. The van der Waals surface area contributed by atoms with Gasteiger partial charge in [0.05, 0.1) is 12.1 Å². The molecule has 4 nitrogen and oxygen atoms in total. The van der Waals surface area contributed by atoms with Crippen LogP contribution in [-0.4, -0.2) is 29.4 Å². The molecular weight excluding hydrogens is 260 g/mol. The van der Waals surface area contributed by atoms with Crippen molar-refractivity contribution in [3.63, 3.8) is 0 Å². The van der Waals surface area contributed by atoms with E-state index >= 15 is 0 Å². The van der Waals surface area contributed by atoms with Gasteiger partial charge < -0.3 is 19.0 Å². The second-order valence-electron chi connectivity index (χ2n) is 4.22. The van der Waals surface area contributed by atoms with Crippen molar-refractivity contribution in [3.8, 4) is 5.75 Å². The smallest absolute Gasteiger partial charge is 0.178 e. The number of rotatable bonds is 7. The minimum absolute atomic E-state index is 0.648. The van der Waals surface area contributed by atoms with Gasteiger partial charge in [-0.05, 0) is 44.6 Å². The van der Waals surface area contributed by atoms with Crippen molar-refractivity contribution in [2.75, 3.05) is 19.8 Å². The topological polar surface area (TPSA) is 39.2 Å². The van der Waals surface area contributed by atoms with E-state index in [2.05, 4.69) is 15.6 Å². The van der Waals surface area contributed by atoms with Crippen LogP contribution in [-0.2, 0) is 11.3 Å². The van der Waals surface area contributed by atoms with Crippen LogP contribution in [0, 0.1) is 4.77 Å². The third-order valence-corrected chi connectivity index (χ3v) is 3.27. The molecule has 0 unspecified atom stereocenters. The first kappa shape index (κ1) is 14.1. The fraction of sp³-hybridized carbons (Fsp3) is 0.500. The predicted octanol–water partition coefficient (Wildman–Crippen LogP) is 3.52. The first-order chi connectivity index (χ1) is 9.27. The monoisotopic (exact) mass is 280 g/mol. The minimum Gasteiger partial charge on any atom is -0.492 e. The van der Waals surface area contributed by atoms with Gasteiger partial charge in [-0.1, -0.05) is 6.07 Å². The summed E-state index contributed by atoms with van der Waals surface area (Å²) in [5, 5.41) is 0. The van der Waals surface area contributed by atoms with Crippen molar-refractivity contribution >= 4 is 23.3 Å². The van der Waals surface area contributed by atoms with Crippen LogP contribution in [0.25, 0.3) is 11.0 Å². The number of ether oxygens (including phenoxy) is 2. The lowest BCUT2D eigenvalue weighted by Crippen LogP contribution is -2.02. The van der Waals surface area contributed by atoms with Gasteiger partial charge in [0.1, 0.15) is 11.3 Å². The van der Waals surface area contributed by atoms with Gasteiger partial charge in [-0.25, -0.2) is 0 Å². The molecule has 2 aromatic rings. The molecule has 1 heterocycles. The molecule has 0 radical (unpaired) electrons. The zero-order chi connectivity index (χ0) is 13.7. The van der Waals surface area contributed by atoms with Crippen LogP contribution in [0.2, 0.25) is 0 Å². The molecule has 1 aromatic carbocycles. The van der Waals surface area contributed by atoms with Crippen LogP contribution < -0.4 is 4.74 Å². The fourth-order valence-corrected chi connectivity index (χ4v) is 2.41. The maximum absolute atomic E-state index is 5.61. The molecule has 2 rings (SSSR count). The molecule has 0 aliphatic rings. The number of fused-ring (bicyclic) bond motifs is 1. The molecule has 19 heavy (non-hydrogen) atoms. The van der Waals surface area contributed by atoms with E-state index in [-0.39, 0.29) is 0 Å². The highest BCUT2D eigenvalue weighted by atomic mass is 32.1. The first-order valence-corrected chi connectivity index (χ1v) is 7.10. The average Bonchev–Trinajstić information content (AvgIpc) is 2.73. The number of benzene rings is 1. The van der Waals surface area contributed by atoms with Gasteiger partial charge in [-0.3, -0.25) is 0 Å². The standard InChI is InChI=1S/C14H20N2O2S/c1-3-17-10-6-9-16-11-7-5-8-12(18-4-2)13(11)15-14(16)19/h5,7-8H,3-4,6,9-10H2,1-2H3,(H,15,19). The summed E-state index contributed by atoms with van der Waals surface area (Å²) >= 11 is 5.39. The number of aryl methyl sites for hydroxylation is 1. The summed E-state index contributed by atoms with van der Waals surface area (Å²) in [6.07, 6.45) is 0.952. The van der Waals surface area contributed by atoms with Crippen molar-refractivity contribution in [1.29, 1.82) is 0 Å². The molecule has 1 N–H and O–H groups in total. The van der Waals surface area contributed by atoms with Gasteiger partial charge in [-0.15, -0.1) is 0 Å². The van der Waals surface area contributed by atoms with Crippen LogP contribution >= 0.6 is 12.2 Å². The fourth-order valence-electron chi connectivity index (χ4n) is 2.12. The van der Waals surface area contributed by atoms with E-state index in [1.807, 2.05) is 26.0 Å². The van der Waals surface area contributed by atoms with Crippen molar-refractivity contribution in [3.05, 3.63) is 23.0 Å². The lowest BCUT2D eigenvalue weighted by Gasteiger charge is -2.06. The number of hydrogen-bond donors (Lipinski definition) is 1. The molecule has 0 fully saturated rings. The van der Waals surface area contributed by atoms with Crippen LogP contribution in [0.4, 0.5) is 0 Å². The summed E-state index contributed by atoms with van der Waals surface area (Å²) in [5.41, 5.74) is 2.07. The minimum atomic E-state index is 0.648. The van der Waals surface area contributed by atoms with E-state index < -0.39 is 0 Å². The Kier molecular flexibility index (Phi) is 4.99. The van der Waals surface area contributed by atoms with E-state index in [1.54, 1.807) is 0 Å². The summed E-state index contributed by atoms with van der Waals surface area (Å²) < 4.78 is 13.8.